The first-order valence-corrected chi connectivity index (χ1v) is 14.2. The van der Waals surface area contributed by atoms with E-state index in [4.69, 9.17) is 18.9 Å². The number of hydrogen-bond donors (Lipinski definition) is 0. The lowest BCUT2D eigenvalue weighted by molar-refractivity contribution is 0.289. The first-order valence-electron chi connectivity index (χ1n) is 14.2. The number of ether oxygens (including phenoxy) is 4. The maximum absolute atomic E-state index is 6.26. The van der Waals surface area contributed by atoms with E-state index >= 15 is 0 Å². The van der Waals surface area contributed by atoms with E-state index in [2.05, 4.69) is 72.2 Å². The molecule has 0 fully saturated rings. The smallest absolute Gasteiger partial charge is 0.161 e. The Kier molecular flexibility index (Phi) is 6.80. The van der Waals surface area contributed by atoms with E-state index in [1.165, 1.54) is 22.3 Å². The van der Waals surface area contributed by atoms with Crippen molar-refractivity contribution >= 4 is 11.4 Å². The molecule has 210 valence electrons. The van der Waals surface area contributed by atoms with Gasteiger partial charge in [0.25, 0.3) is 0 Å². The van der Waals surface area contributed by atoms with Crippen molar-refractivity contribution in [2.75, 3.05) is 23.3 Å². The summed E-state index contributed by atoms with van der Waals surface area (Å²) in [5.74, 6) is 4.83. The summed E-state index contributed by atoms with van der Waals surface area (Å²) in [6, 6.07) is 36.6. The molecule has 42 heavy (non-hydrogen) atoms. The molecule has 0 aliphatic carbocycles. The highest BCUT2D eigenvalue weighted by Crippen LogP contribution is 2.35. The second-order valence-corrected chi connectivity index (χ2v) is 10.8. The Hall–Kier alpha value is -5.10. The van der Waals surface area contributed by atoms with Crippen LogP contribution < -0.4 is 28.7 Å². The lowest BCUT2D eigenvalue weighted by Crippen LogP contribution is -2.31. The van der Waals surface area contributed by atoms with Crippen LogP contribution in [-0.4, -0.2) is 13.5 Å². The van der Waals surface area contributed by atoms with Crippen LogP contribution in [0.2, 0.25) is 0 Å². The molecule has 5 aromatic carbocycles. The fourth-order valence-corrected chi connectivity index (χ4v) is 5.34. The Labute approximate surface area is 246 Å². The van der Waals surface area contributed by atoms with Crippen molar-refractivity contribution < 1.29 is 18.9 Å². The van der Waals surface area contributed by atoms with Gasteiger partial charge in [-0.15, -0.1) is 0 Å². The SMILES string of the molecule is Cc1ccc2c(c1)OCN(c1cccc(Oc3cccc(Oc4cccc(N5COc6cc(C)ccc6C5)c4)c3)c1)C2. The highest BCUT2D eigenvalue weighted by molar-refractivity contribution is 5.56. The Morgan fingerprint density at radius 2 is 0.929 bits per heavy atom. The zero-order valence-corrected chi connectivity index (χ0v) is 23.7. The number of nitrogens with zero attached hydrogens (tertiary/aromatic N) is 2. The molecule has 2 aliphatic heterocycles. The average molecular weight is 557 g/mol. The molecule has 6 heteroatoms. The number of fused-ring (bicyclic) bond motifs is 2. The van der Waals surface area contributed by atoms with Gasteiger partial charge in [0.1, 0.15) is 34.5 Å². The number of aryl methyl sites for hydroxylation is 2. The summed E-state index contributed by atoms with van der Waals surface area (Å²) < 4.78 is 24.6. The average Bonchev–Trinajstić information content (AvgIpc) is 3.01. The summed E-state index contributed by atoms with van der Waals surface area (Å²) >= 11 is 0. The van der Waals surface area contributed by atoms with E-state index in [9.17, 15) is 0 Å². The minimum absolute atomic E-state index is 0.498. The predicted octanol–water partition coefficient (Wildman–Crippen LogP) is 8.60. The molecular formula is C36H32N2O4. The van der Waals surface area contributed by atoms with Gasteiger partial charge < -0.3 is 28.7 Å². The van der Waals surface area contributed by atoms with Crippen LogP contribution in [-0.2, 0) is 13.1 Å². The molecule has 2 heterocycles. The first-order chi connectivity index (χ1) is 20.6. The van der Waals surface area contributed by atoms with Gasteiger partial charge in [0, 0.05) is 53.8 Å². The Bertz CT molecular complexity index is 1630. The zero-order valence-electron chi connectivity index (χ0n) is 23.7. The monoisotopic (exact) mass is 556 g/mol. The fourth-order valence-electron chi connectivity index (χ4n) is 5.34. The number of rotatable bonds is 6. The molecule has 6 nitrogen and oxygen atoms in total. The molecule has 0 aromatic heterocycles. The lowest BCUT2D eigenvalue weighted by Gasteiger charge is -2.31. The number of hydrogen-bond acceptors (Lipinski definition) is 6. The minimum Gasteiger partial charge on any atom is -0.473 e. The van der Waals surface area contributed by atoms with Gasteiger partial charge in [-0.3, -0.25) is 0 Å². The first kappa shape index (κ1) is 25.8. The maximum atomic E-state index is 6.26. The van der Waals surface area contributed by atoms with E-state index in [1.54, 1.807) is 0 Å². The quantitative estimate of drug-likeness (QED) is 0.209. The van der Waals surface area contributed by atoms with Crippen molar-refractivity contribution in [1.29, 1.82) is 0 Å². The highest BCUT2D eigenvalue weighted by Gasteiger charge is 2.19. The second kappa shape index (κ2) is 11.1. The molecule has 5 aromatic rings. The van der Waals surface area contributed by atoms with Crippen LogP contribution in [0.3, 0.4) is 0 Å². The Morgan fingerprint density at radius 1 is 0.500 bits per heavy atom. The van der Waals surface area contributed by atoms with Crippen LogP contribution >= 0.6 is 0 Å². The van der Waals surface area contributed by atoms with Crippen molar-refractivity contribution in [3.05, 3.63) is 131 Å². The van der Waals surface area contributed by atoms with Crippen molar-refractivity contribution in [1.82, 2.24) is 0 Å². The third-order valence-corrected chi connectivity index (χ3v) is 7.56. The van der Waals surface area contributed by atoms with E-state index in [0.29, 0.717) is 25.0 Å². The van der Waals surface area contributed by atoms with Gasteiger partial charge in [-0.25, -0.2) is 0 Å². The molecule has 7 rings (SSSR count). The van der Waals surface area contributed by atoms with Gasteiger partial charge in [-0.1, -0.05) is 42.5 Å². The van der Waals surface area contributed by atoms with Crippen molar-refractivity contribution in [2.45, 2.75) is 26.9 Å². The summed E-state index contributed by atoms with van der Waals surface area (Å²) in [4.78, 5) is 4.40. The van der Waals surface area contributed by atoms with E-state index in [-0.39, 0.29) is 0 Å². The standard InChI is InChI=1S/C36H32N2O4/c1-25-12-14-27-21-37(23-39-35(27)16-25)29-6-3-8-31(18-29)41-33-10-5-11-34(20-33)42-32-9-4-7-30(19-32)38-22-28-15-13-26(2)17-36(28)40-24-38/h3-20H,21-24H2,1-2H3. The molecular weight excluding hydrogens is 524 g/mol. The molecule has 0 bridgehead atoms. The summed E-state index contributed by atoms with van der Waals surface area (Å²) in [5.41, 5.74) is 6.85. The molecule has 0 saturated heterocycles. The summed E-state index contributed by atoms with van der Waals surface area (Å²) in [6.07, 6.45) is 0. The normalized spacial score (nSPS) is 13.9. The van der Waals surface area contributed by atoms with E-state index in [1.807, 2.05) is 60.7 Å². The molecule has 0 saturated carbocycles. The summed E-state index contributed by atoms with van der Waals surface area (Å²) in [7, 11) is 0. The Morgan fingerprint density at radius 3 is 1.40 bits per heavy atom. The van der Waals surface area contributed by atoms with Gasteiger partial charge in [0.2, 0.25) is 0 Å². The van der Waals surface area contributed by atoms with Crippen LogP contribution in [0.1, 0.15) is 22.3 Å². The third-order valence-electron chi connectivity index (χ3n) is 7.56. The summed E-state index contributed by atoms with van der Waals surface area (Å²) in [5, 5.41) is 0. The van der Waals surface area contributed by atoms with Gasteiger partial charge >= 0.3 is 0 Å². The van der Waals surface area contributed by atoms with E-state index < -0.39 is 0 Å². The third kappa shape index (κ3) is 5.56. The lowest BCUT2D eigenvalue weighted by atomic mass is 10.1. The minimum atomic E-state index is 0.498. The van der Waals surface area contributed by atoms with Gasteiger partial charge in [-0.05, 0) is 73.5 Å². The second-order valence-electron chi connectivity index (χ2n) is 10.8. The van der Waals surface area contributed by atoms with Crippen LogP contribution in [0.25, 0.3) is 0 Å². The van der Waals surface area contributed by atoms with Crippen LogP contribution in [0.4, 0.5) is 11.4 Å². The van der Waals surface area contributed by atoms with Crippen molar-refractivity contribution in [2.24, 2.45) is 0 Å². The van der Waals surface area contributed by atoms with Crippen molar-refractivity contribution in [3.63, 3.8) is 0 Å². The predicted molar refractivity (Wildman–Crippen MR) is 165 cm³/mol. The number of anilines is 2. The largest absolute Gasteiger partial charge is 0.473 e. The maximum Gasteiger partial charge on any atom is 0.161 e. The highest BCUT2D eigenvalue weighted by atomic mass is 16.5. The Balaban J connectivity index is 1.03. The molecule has 0 atom stereocenters. The number of benzene rings is 5. The van der Waals surface area contributed by atoms with Crippen LogP contribution in [0.15, 0.2) is 109 Å². The summed E-state index contributed by atoms with van der Waals surface area (Å²) in [6.45, 7) is 6.74. The van der Waals surface area contributed by atoms with Gasteiger partial charge in [0.15, 0.2) is 13.5 Å². The van der Waals surface area contributed by atoms with E-state index in [0.717, 1.165) is 47.5 Å². The molecule has 0 N–H and O–H groups in total. The van der Waals surface area contributed by atoms with Gasteiger partial charge in [0.05, 0.1) is 0 Å². The molecule has 0 amide bonds. The molecule has 0 spiro atoms. The molecule has 2 aliphatic rings. The zero-order chi connectivity index (χ0) is 28.5. The fraction of sp³-hybridized carbons (Fsp3) is 0.167. The van der Waals surface area contributed by atoms with Crippen LogP contribution in [0, 0.1) is 13.8 Å². The molecule has 0 unspecified atom stereocenters. The van der Waals surface area contributed by atoms with Crippen molar-refractivity contribution in [3.8, 4) is 34.5 Å². The molecule has 0 radical (unpaired) electrons. The van der Waals surface area contributed by atoms with Gasteiger partial charge in [-0.2, -0.15) is 0 Å². The van der Waals surface area contributed by atoms with Crippen LogP contribution in [0.5, 0.6) is 34.5 Å². The topological polar surface area (TPSA) is 43.4 Å².